The maximum absolute atomic E-state index is 7.75. The second kappa shape index (κ2) is 9.18. The average Bonchev–Trinajstić information content (AvgIpc) is 3.49. The van der Waals surface area contributed by atoms with Crippen LogP contribution in [0.5, 0.6) is 0 Å². The summed E-state index contributed by atoms with van der Waals surface area (Å²) in [4.78, 5) is 0. The van der Waals surface area contributed by atoms with Gasteiger partial charge in [0.2, 0.25) is 0 Å². The normalized spacial score (nSPS) is 21.8. The van der Waals surface area contributed by atoms with Gasteiger partial charge in [0.15, 0.2) is 8.32 Å². The van der Waals surface area contributed by atoms with Crippen LogP contribution < -0.4 is 5.19 Å². The van der Waals surface area contributed by atoms with Crippen LogP contribution in [0.1, 0.15) is 46.5 Å². The predicted molar refractivity (Wildman–Crippen MR) is 140 cm³/mol. The van der Waals surface area contributed by atoms with Gasteiger partial charge in [-0.05, 0) is 69.9 Å². The van der Waals surface area contributed by atoms with E-state index in [4.69, 9.17) is 8.85 Å². The van der Waals surface area contributed by atoms with E-state index >= 15 is 0 Å². The fourth-order valence-corrected chi connectivity index (χ4v) is 16.7. The van der Waals surface area contributed by atoms with Crippen molar-refractivity contribution in [2.45, 2.75) is 103 Å². The molecule has 30 heavy (non-hydrogen) atoms. The van der Waals surface area contributed by atoms with E-state index in [1.165, 1.54) is 18.0 Å². The molecule has 0 amide bonds. The first-order valence-electron chi connectivity index (χ1n) is 11.9. The highest BCUT2D eigenvalue weighted by Gasteiger charge is 2.62. The Balaban J connectivity index is 2.77. The van der Waals surface area contributed by atoms with Gasteiger partial charge in [-0.1, -0.05) is 76.0 Å². The van der Waals surface area contributed by atoms with Gasteiger partial charge in [-0.25, -0.2) is 0 Å². The molecule has 0 bridgehead atoms. The molecule has 0 radical (unpaired) electrons. The van der Waals surface area contributed by atoms with E-state index in [1.54, 1.807) is 0 Å². The summed E-state index contributed by atoms with van der Waals surface area (Å²) in [7, 11) is -6.00. The lowest BCUT2D eigenvalue weighted by Gasteiger charge is -2.55. The highest BCUT2D eigenvalue weighted by molar-refractivity contribution is 6.90. The maximum atomic E-state index is 7.75. The summed E-state index contributed by atoms with van der Waals surface area (Å²) in [6, 6.07) is 11.1. The molecule has 1 aromatic carbocycles. The first-order valence-corrected chi connectivity index (χ1v) is 21.2. The fraction of sp³-hybridized carbons (Fsp3) is 0.680. The third-order valence-corrected chi connectivity index (χ3v) is 16.2. The number of hydrogen-bond donors (Lipinski definition) is 0. The molecule has 2 rings (SSSR count). The molecular weight excluding hydrogens is 417 g/mol. The molecule has 170 valence electrons. The van der Waals surface area contributed by atoms with Crippen LogP contribution in [0.3, 0.4) is 0 Å². The Morgan fingerprint density at radius 3 is 1.83 bits per heavy atom. The Labute approximate surface area is 189 Å². The van der Waals surface area contributed by atoms with Gasteiger partial charge in [0.25, 0.3) is 8.32 Å². The van der Waals surface area contributed by atoms with Crippen molar-refractivity contribution in [3.63, 3.8) is 0 Å². The molecule has 1 aliphatic carbocycles. The highest BCUT2D eigenvalue weighted by atomic mass is 28.4. The van der Waals surface area contributed by atoms with Crippen molar-refractivity contribution in [1.29, 1.82) is 0 Å². The second-order valence-corrected chi connectivity index (χ2v) is 24.7. The summed E-state index contributed by atoms with van der Waals surface area (Å²) in [6.45, 7) is 23.7. The van der Waals surface area contributed by atoms with Gasteiger partial charge in [-0.15, -0.1) is 0 Å². The van der Waals surface area contributed by atoms with Gasteiger partial charge in [-0.2, -0.15) is 0 Å². The summed E-state index contributed by atoms with van der Waals surface area (Å²) >= 11 is 0. The summed E-state index contributed by atoms with van der Waals surface area (Å²) in [6.07, 6.45) is 9.22. The molecule has 0 aromatic heterocycles. The average molecular weight is 463 g/mol. The van der Waals surface area contributed by atoms with E-state index in [1.807, 2.05) is 0 Å². The van der Waals surface area contributed by atoms with Crippen molar-refractivity contribution in [2.24, 2.45) is 5.92 Å². The van der Waals surface area contributed by atoms with Crippen molar-refractivity contribution in [3.8, 4) is 0 Å². The van der Waals surface area contributed by atoms with Gasteiger partial charge in [-0.3, -0.25) is 0 Å². The van der Waals surface area contributed by atoms with Crippen LogP contribution >= 0.6 is 0 Å². The summed E-state index contributed by atoms with van der Waals surface area (Å²) in [5, 5.41) is 1.01. The van der Waals surface area contributed by atoms with E-state index in [0.29, 0.717) is 5.92 Å². The van der Waals surface area contributed by atoms with Crippen LogP contribution in [0.2, 0.25) is 45.8 Å². The largest absolute Gasteiger partial charge is 0.408 e. The topological polar surface area (TPSA) is 18.5 Å². The second-order valence-electron chi connectivity index (χ2n) is 11.2. The van der Waals surface area contributed by atoms with Crippen LogP contribution in [0, 0.1) is 5.92 Å². The molecule has 0 N–H and O–H groups in total. The fourth-order valence-electron chi connectivity index (χ4n) is 5.43. The summed E-state index contributed by atoms with van der Waals surface area (Å²) in [5.74, 6) is 0.705. The van der Waals surface area contributed by atoms with Crippen molar-refractivity contribution < 1.29 is 8.85 Å². The van der Waals surface area contributed by atoms with Gasteiger partial charge in [0, 0.05) is 5.22 Å². The van der Waals surface area contributed by atoms with E-state index in [2.05, 4.69) is 109 Å². The molecule has 1 saturated carbocycles. The first kappa shape index (κ1) is 25.8. The molecule has 0 saturated heterocycles. The SMILES string of the molecule is CC=CC(CC)(O[Si](C)(C)C)[Si](C)(OC(CC)(C1CC1)[Si](C)(C)C)c1ccccc1. The molecular formula is C25H46O2Si3. The van der Waals surface area contributed by atoms with Gasteiger partial charge < -0.3 is 8.85 Å². The zero-order valence-corrected chi connectivity index (χ0v) is 24.3. The quantitative estimate of drug-likeness (QED) is 0.259. The predicted octanol–water partition coefficient (Wildman–Crippen LogP) is 7.04. The number of benzene rings is 1. The van der Waals surface area contributed by atoms with E-state index in [9.17, 15) is 0 Å². The van der Waals surface area contributed by atoms with Gasteiger partial charge >= 0.3 is 0 Å². The maximum Gasteiger partial charge on any atom is 0.255 e. The third-order valence-electron chi connectivity index (χ3n) is 7.00. The molecule has 5 heteroatoms. The van der Waals surface area contributed by atoms with E-state index in [0.717, 1.165) is 12.8 Å². The van der Waals surface area contributed by atoms with Crippen LogP contribution in [0.4, 0.5) is 0 Å². The summed E-state index contributed by atoms with van der Waals surface area (Å²) in [5.41, 5.74) is 0. The molecule has 3 unspecified atom stereocenters. The van der Waals surface area contributed by atoms with Crippen molar-refractivity contribution in [3.05, 3.63) is 42.5 Å². The molecule has 2 nitrogen and oxygen atoms in total. The Bertz CT molecular complexity index is 718. The van der Waals surface area contributed by atoms with Crippen LogP contribution in [0.25, 0.3) is 0 Å². The lowest BCUT2D eigenvalue weighted by atomic mass is 10.2. The number of hydrogen-bond acceptors (Lipinski definition) is 2. The minimum Gasteiger partial charge on any atom is -0.408 e. The Morgan fingerprint density at radius 1 is 0.900 bits per heavy atom. The number of allylic oxidation sites excluding steroid dienone is 1. The minimum absolute atomic E-state index is 0.00855. The van der Waals surface area contributed by atoms with Gasteiger partial charge in [0.1, 0.15) is 0 Å². The Hall–Kier alpha value is -0.469. The zero-order chi connectivity index (χ0) is 22.8. The highest BCUT2D eigenvalue weighted by Crippen LogP contribution is 2.51. The van der Waals surface area contributed by atoms with Gasteiger partial charge in [0.05, 0.1) is 13.3 Å². The minimum atomic E-state index is -2.56. The molecule has 1 aromatic rings. The first-order chi connectivity index (χ1) is 13.8. The number of rotatable bonds is 11. The molecule has 3 atom stereocenters. The molecule has 0 aliphatic heterocycles. The summed E-state index contributed by atoms with van der Waals surface area (Å²) < 4.78 is 14.9. The van der Waals surface area contributed by atoms with Crippen molar-refractivity contribution in [2.75, 3.05) is 0 Å². The molecule has 0 spiro atoms. The van der Waals surface area contributed by atoms with Crippen LogP contribution in [0.15, 0.2) is 42.5 Å². The third kappa shape index (κ3) is 4.96. The zero-order valence-electron chi connectivity index (χ0n) is 21.3. The lowest BCUT2D eigenvalue weighted by molar-refractivity contribution is 0.0692. The molecule has 0 heterocycles. The Morgan fingerprint density at radius 2 is 1.47 bits per heavy atom. The Kier molecular flexibility index (Phi) is 7.89. The van der Waals surface area contributed by atoms with E-state index in [-0.39, 0.29) is 10.4 Å². The van der Waals surface area contributed by atoms with Crippen LogP contribution in [-0.2, 0) is 8.85 Å². The van der Waals surface area contributed by atoms with Crippen molar-refractivity contribution in [1.82, 2.24) is 0 Å². The van der Waals surface area contributed by atoms with Crippen LogP contribution in [-0.4, -0.2) is 35.2 Å². The van der Waals surface area contributed by atoms with Crippen molar-refractivity contribution >= 4 is 29.9 Å². The monoisotopic (exact) mass is 462 g/mol. The lowest BCUT2D eigenvalue weighted by Crippen LogP contribution is -2.74. The van der Waals surface area contributed by atoms with E-state index < -0.39 is 24.7 Å². The molecule has 1 fully saturated rings. The molecule has 1 aliphatic rings. The standard InChI is InChI=1S/C25H46O2Si3/c1-11-21-24(12-2,26-29(7,8)9)30(10,23-17-15-14-16-18-23)27-25(13-3,22-19-20-22)28(4,5)6/h11,14-18,21-22H,12-13,19-20H2,1-10H3. The smallest absolute Gasteiger partial charge is 0.255 e.